The van der Waals surface area contributed by atoms with Crippen molar-refractivity contribution in [2.45, 2.75) is 34.1 Å². The van der Waals surface area contributed by atoms with Crippen LogP contribution in [0, 0.1) is 13.8 Å². The summed E-state index contributed by atoms with van der Waals surface area (Å²) in [6.45, 7) is 8.12. The van der Waals surface area contributed by atoms with E-state index in [4.69, 9.17) is 4.74 Å². The number of aryl methyl sites for hydroxylation is 3. The number of nitrogens with zero attached hydrogens (tertiary/aromatic N) is 2. The first-order valence-electron chi connectivity index (χ1n) is 6.68. The Morgan fingerprint density at radius 3 is 2.55 bits per heavy atom. The van der Waals surface area contributed by atoms with E-state index in [-0.39, 0.29) is 5.97 Å². The van der Waals surface area contributed by atoms with Crippen molar-refractivity contribution in [2.75, 3.05) is 6.61 Å². The lowest BCUT2D eigenvalue weighted by molar-refractivity contribution is 0.0524. The molecule has 0 aromatic carbocycles. The fraction of sp³-hybridized carbons (Fsp3) is 0.400. The number of hydrogen-bond acceptors (Lipinski definition) is 5. The van der Waals surface area contributed by atoms with E-state index in [1.54, 1.807) is 24.3 Å². The van der Waals surface area contributed by atoms with E-state index >= 15 is 0 Å². The van der Waals surface area contributed by atoms with E-state index in [0.29, 0.717) is 18.6 Å². The molecule has 0 radical (unpaired) electrons. The maximum atomic E-state index is 11.9. The lowest BCUT2D eigenvalue weighted by Gasteiger charge is -2.08. The Morgan fingerprint density at radius 2 is 2.00 bits per heavy atom. The van der Waals surface area contributed by atoms with Crippen LogP contribution in [0.4, 0.5) is 0 Å². The van der Waals surface area contributed by atoms with Crippen LogP contribution in [0.15, 0.2) is 12.1 Å². The van der Waals surface area contributed by atoms with Crippen molar-refractivity contribution in [3.8, 4) is 10.6 Å². The summed E-state index contributed by atoms with van der Waals surface area (Å²) in [6, 6.07) is 3.67. The van der Waals surface area contributed by atoms with Crippen LogP contribution in [0.25, 0.3) is 10.6 Å². The van der Waals surface area contributed by atoms with Crippen LogP contribution in [0.2, 0.25) is 0 Å². The van der Waals surface area contributed by atoms with E-state index in [1.807, 2.05) is 26.8 Å². The summed E-state index contributed by atoms with van der Waals surface area (Å²) in [6.07, 6.45) is 0.693. The maximum absolute atomic E-state index is 11.9. The number of ether oxygens (including phenoxy) is 1. The van der Waals surface area contributed by atoms with Gasteiger partial charge in [0.25, 0.3) is 0 Å². The van der Waals surface area contributed by atoms with Crippen LogP contribution in [-0.4, -0.2) is 22.5 Å². The molecule has 0 fully saturated rings. The van der Waals surface area contributed by atoms with Crippen LogP contribution >= 0.6 is 11.3 Å². The number of thiazole rings is 1. The van der Waals surface area contributed by atoms with Crippen LogP contribution in [0.1, 0.15) is 40.6 Å². The Kier molecular flexibility index (Phi) is 4.49. The molecule has 0 unspecified atom stereocenters. The Morgan fingerprint density at radius 1 is 1.25 bits per heavy atom. The molecule has 0 aliphatic heterocycles. The van der Waals surface area contributed by atoms with Crippen LogP contribution in [0.5, 0.6) is 0 Å². The Balaban J connectivity index is 2.44. The first kappa shape index (κ1) is 14.7. The zero-order valence-corrected chi connectivity index (χ0v) is 13.0. The fourth-order valence-electron chi connectivity index (χ4n) is 2.06. The molecule has 0 N–H and O–H groups in total. The molecule has 0 atom stereocenters. The number of hydrogen-bond donors (Lipinski definition) is 0. The van der Waals surface area contributed by atoms with Gasteiger partial charge in [0.2, 0.25) is 0 Å². The highest BCUT2D eigenvalue weighted by Gasteiger charge is 2.16. The monoisotopic (exact) mass is 290 g/mol. The number of esters is 1. The van der Waals surface area contributed by atoms with Crippen molar-refractivity contribution >= 4 is 17.3 Å². The molecule has 2 rings (SSSR count). The summed E-state index contributed by atoms with van der Waals surface area (Å²) in [4.78, 5) is 22.0. The summed E-state index contributed by atoms with van der Waals surface area (Å²) in [7, 11) is 0. The third-order valence-electron chi connectivity index (χ3n) is 2.94. The second kappa shape index (κ2) is 6.13. The van der Waals surface area contributed by atoms with Crippen molar-refractivity contribution in [3.05, 3.63) is 34.1 Å². The summed E-state index contributed by atoms with van der Waals surface area (Å²) >= 11 is 1.62. The van der Waals surface area contributed by atoms with Crippen molar-refractivity contribution in [2.24, 2.45) is 0 Å². The molecule has 0 saturated heterocycles. The molecule has 0 saturated carbocycles. The third kappa shape index (κ3) is 2.88. The smallest absolute Gasteiger partial charge is 0.339 e. The lowest BCUT2D eigenvalue weighted by atomic mass is 10.1. The standard InChI is InChI=1S/C15H18N2O2S/c1-5-12-11(15(18)19-6-2)7-8-13(17-12)14-9(3)16-10(4)20-14/h7-8H,5-6H2,1-4H3. The maximum Gasteiger partial charge on any atom is 0.339 e. The molecule has 0 bridgehead atoms. The molecule has 0 aliphatic carbocycles. The summed E-state index contributed by atoms with van der Waals surface area (Å²) in [5.74, 6) is -0.305. The lowest BCUT2D eigenvalue weighted by Crippen LogP contribution is -2.09. The number of rotatable bonds is 4. The van der Waals surface area contributed by atoms with Gasteiger partial charge in [-0.15, -0.1) is 11.3 Å². The molecule has 20 heavy (non-hydrogen) atoms. The average molecular weight is 290 g/mol. The molecular weight excluding hydrogens is 272 g/mol. The average Bonchev–Trinajstić information content (AvgIpc) is 2.77. The van der Waals surface area contributed by atoms with Crippen molar-refractivity contribution in [1.82, 2.24) is 9.97 Å². The third-order valence-corrected chi connectivity index (χ3v) is 4.04. The summed E-state index contributed by atoms with van der Waals surface area (Å²) in [5, 5.41) is 1.02. The highest BCUT2D eigenvalue weighted by Crippen LogP contribution is 2.29. The molecule has 2 aromatic rings. The van der Waals surface area contributed by atoms with E-state index in [1.165, 1.54) is 0 Å². The Labute approximate surface area is 122 Å². The van der Waals surface area contributed by atoms with E-state index in [0.717, 1.165) is 27.0 Å². The minimum Gasteiger partial charge on any atom is -0.462 e. The highest BCUT2D eigenvalue weighted by atomic mass is 32.1. The van der Waals surface area contributed by atoms with Gasteiger partial charge < -0.3 is 4.74 Å². The number of carbonyl (C=O) groups is 1. The molecule has 106 valence electrons. The van der Waals surface area contributed by atoms with Gasteiger partial charge in [-0.3, -0.25) is 4.98 Å². The van der Waals surface area contributed by atoms with E-state index in [9.17, 15) is 4.79 Å². The van der Waals surface area contributed by atoms with E-state index in [2.05, 4.69) is 9.97 Å². The number of carbonyl (C=O) groups excluding carboxylic acids is 1. The molecule has 2 heterocycles. The zero-order chi connectivity index (χ0) is 14.7. The topological polar surface area (TPSA) is 52.1 Å². The Hall–Kier alpha value is -1.75. The molecule has 0 amide bonds. The van der Waals surface area contributed by atoms with Gasteiger partial charge >= 0.3 is 5.97 Å². The van der Waals surface area contributed by atoms with Gasteiger partial charge in [0.1, 0.15) is 0 Å². The largest absolute Gasteiger partial charge is 0.462 e. The predicted octanol–water partition coefficient (Wildman–Crippen LogP) is 3.56. The molecule has 0 spiro atoms. The van der Waals surface area contributed by atoms with Gasteiger partial charge in [0.15, 0.2) is 0 Å². The van der Waals surface area contributed by atoms with Gasteiger partial charge in [-0.25, -0.2) is 9.78 Å². The quantitative estimate of drug-likeness (QED) is 0.808. The molecule has 0 aliphatic rings. The SMILES string of the molecule is CCOC(=O)c1ccc(-c2sc(C)nc2C)nc1CC. The zero-order valence-electron chi connectivity index (χ0n) is 12.2. The second-order valence-corrected chi connectivity index (χ2v) is 5.62. The minimum absolute atomic E-state index is 0.305. The van der Waals surface area contributed by atoms with Crippen molar-refractivity contribution in [1.29, 1.82) is 0 Å². The van der Waals surface area contributed by atoms with Crippen molar-refractivity contribution in [3.63, 3.8) is 0 Å². The number of aromatic nitrogens is 2. The van der Waals surface area contributed by atoms with E-state index < -0.39 is 0 Å². The molecular formula is C15H18N2O2S. The van der Waals surface area contributed by atoms with Crippen molar-refractivity contribution < 1.29 is 9.53 Å². The predicted molar refractivity (Wildman–Crippen MR) is 80.2 cm³/mol. The highest BCUT2D eigenvalue weighted by molar-refractivity contribution is 7.15. The van der Waals surface area contributed by atoms with Gasteiger partial charge in [0.05, 0.1) is 39.1 Å². The normalized spacial score (nSPS) is 10.6. The van der Waals surface area contributed by atoms with Crippen LogP contribution < -0.4 is 0 Å². The number of pyridine rings is 1. The first-order chi connectivity index (χ1) is 9.56. The van der Waals surface area contributed by atoms with Gasteiger partial charge in [0, 0.05) is 0 Å². The van der Waals surface area contributed by atoms with Crippen LogP contribution in [0.3, 0.4) is 0 Å². The van der Waals surface area contributed by atoms with Gasteiger partial charge in [-0.05, 0) is 39.3 Å². The Bertz CT molecular complexity index is 635. The fourth-order valence-corrected chi connectivity index (χ4v) is 2.95. The molecule has 4 nitrogen and oxygen atoms in total. The summed E-state index contributed by atoms with van der Waals surface area (Å²) in [5.41, 5.74) is 3.17. The molecule has 5 heteroatoms. The minimum atomic E-state index is -0.305. The van der Waals surface area contributed by atoms with Gasteiger partial charge in [-0.2, -0.15) is 0 Å². The second-order valence-electron chi connectivity index (χ2n) is 4.41. The molecule has 2 aromatic heterocycles. The summed E-state index contributed by atoms with van der Waals surface area (Å²) < 4.78 is 5.06. The van der Waals surface area contributed by atoms with Crippen LogP contribution in [-0.2, 0) is 11.2 Å². The first-order valence-corrected chi connectivity index (χ1v) is 7.49. The van der Waals surface area contributed by atoms with Gasteiger partial charge in [-0.1, -0.05) is 6.92 Å².